The molecule has 0 spiro atoms. The molecule has 2 fully saturated rings. The van der Waals surface area contributed by atoms with Gasteiger partial charge in [-0.25, -0.2) is 0 Å². The lowest BCUT2D eigenvalue weighted by Gasteiger charge is -2.34. The molecule has 2 rings (SSSR count). The summed E-state index contributed by atoms with van der Waals surface area (Å²) in [6, 6.07) is 0.124. The van der Waals surface area contributed by atoms with E-state index in [-0.39, 0.29) is 18.1 Å². The SMILES string of the molecule is CSCC(=O)N[C@@H]1CCOC[C@H]1OCC1CCC1. The summed E-state index contributed by atoms with van der Waals surface area (Å²) >= 11 is 1.55. The van der Waals surface area contributed by atoms with Crippen molar-refractivity contribution >= 4 is 17.7 Å². The van der Waals surface area contributed by atoms with Crippen LogP contribution in [0.1, 0.15) is 25.7 Å². The molecule has 0 unspecified atom stereocenters. The molecule has 0 bridgehead atoms. The maximum absolute atomic E-state index is 11.6. The maximum Gasteiger partial charge on any atom is 0.230 e. The molecule has 2 aliphatic rings. The van der Waals surface area contributed by atoms with Gasteiger partial charge in [0.05, 0.1) is 18.4 Å². The van der Waals surface area contributed by atoms with Gasteiger partial charge in [0.2, 0.25) is 5.91 Å². The standard InChI is InChI=1S/C13H23NO3S/c1-18-9-13(15)14-11-5-6-16-8-12(11)17-7-10-3-2-4-10/h10-12H,2-9H2,1H3,(H,14,15)/t11-,12-/m1/s1. The third-order valence-electron chi connectivity index (χ3n) is 3.70. The van der Waals surface area contributed by atoms with Crippen molar-refractivity contribution in [2.24, 2.45) is 5.92 Å². The van der Waals surface area contributed by atoms with Crippen LogP contribution in [0, 0.1) is 5.92 Å². The van der Waals surface area contributed by atoms with E-state index in [2.05, 4.69) is 5.32 Å². The highest BCUT2D eigenvalue weighted by Gasteiger charge is 2.29. The molecule has 1 amide bonds. The van der Waals surface area contributed by atoms with Crippen LogP contribution in [0.3, 0.4) is 0 Å². The summed E-state index contributed by atoms with van der Waals surface area (Å²) in [4.78, 5) is 11.6. The van der Waals surface area contributed by atoms with Gasteiger partial charge < -0.3 is 14.8 Å². The molecule has 1 saturated heterocycles. The molecule has 2 atom stereocenters. The van der Waals surface area contributed by atoms with Crippen LogP contribution in [0.15, 0.2) is 0 Å². The fourth-order valence-electron chi connectivity index (χ4n) is 2.34. The molecule has 1 aliphatic heterocycles. The van der Waals surface area contributed by atoms with Gasteiger partial charge in [0.25, 0.3) is 0 Å². The number of amides is 1. The number of ether oxygens (including phenoxy) is 2. The minimum absolute atomic E-state index is 0.0326. The Morgan fingerprint density at radius 2 is 2.28 bits per heavy atom. The van der Waals surface area contributed by atoms with Crippen LogP contribution in [0.25, 0.3) is 0 Å². The first-order valence-electron chi connectivity index (χ1n) is 6.77. The van der Waals surface area contributed by atoms with Crippen LogP contribution in [0.4, 0.5) is 0 Å². The topological polar surface area (TPSA) is 47.6 Å². The van der Waals surface area contributed by atoms with E-state index in [0.717, 1.165) is 18.9 Å². The van der Waals surface area contributed by atoms with E-state index in [0.29, 0.717) is 19.0 Å². The average molecular weight is 273 g/mol. The summed E-state index contributed by atoms with van der Waals surface area (Å²) < 4.78 is 11.4. The van der Waals surface area contributed by atoms with Crippen molar-refractivity contribution in [2.75, 3.05) is 31.8 Å². The summed E-state index contributed by atoms with van der Waals surface area (Å²) in [6.07, 6.45) is 6.74. The molecule has 0 aromatic heterocycles. The molecule has 0 aromatic rings. The smallest absolute Gasteiger partial charge is 0.230 e. The highest BCUT2D eigenvalue weighted by molar-refractivity contribution is 7.99. The highest BCUT2D eigenvalue weighted by atomic mass is 32.2. The first-order chi connectivity index (χ1) is 8.79. The van der Waals surface area contributed by atoms with Crippen LogP contribution < -0.4 is 5.32 Å². The minimum atomic E-state index is 0.0326. The van der Waals surface area contributed by atoms with Gasteiger partial charge in [-0.2, -0.15) is 11.8 Å². The summed E-state index contributed by atoms with van der Waals surface area (Å²) in [7, 11) is 0. The van der Waals surface area contributed by atoms with Crippen LogP contribution in [0.2, 0.25) is 0 Å². The van der Waals surface area contributed by atoms with Crippen LogP contribution in [-0.2, 0) is 14.3 Å². The average Bonchev–Trinajstić information content (AvgIpc) is 2.29. The first-order valence-corrected chi connectivity index (χ1v) is 8.16. The van der Waals surface area contributed by atoms with Crippen LogP contribution in [-0.4, -0.2) is 49.9 Å². The summed E-state index contributed by atoms with van der Waals surface area (Å²) in [5, 5.41) is 3.06. The van der Waals surface area contributed by atoms with Crippen LogP contribution in [0.5, 0.6) is 0 Å². The summed E-state index contributed by atoms with van der Waals surface area (Å²) in [5.41, 5.74) is 0. The van der Waals surface area contributed by atoms with Crippen molar-refractivity contribution in [3.05, 3.63) is 0 Å². The number of hydrogen-bond acceptors (Lipinski definition) is 4. The highest BCUT2D eigenvalue weighted by Crippen LogP contribution is 2.27. The Morgan fingerprint density at radius 1 is 1.44 bits per heavy atom. The molecule has 104 valence electrons. The van der Waals surface area contributed by atoms with Gasteiger partial charge in [-0.05, 0) is 31.4 Å². The predicted molar refractivity (Wildman–Crippen MR) is 72.8 cm³/mol. The Hall–Kier alpha value is -0.260. The van der Waals surface area contributed by atoms with E-state index in [1.54, 1.807) is 11.8 Å². The second-order valence-corrected chi connectivity index (χ2v) is 6.01. The Balaban J connectivity index is 1.75. The zero-order chi connectivity index (χ0) is 12.8. The molecule has 5 heteroatoms. The molecule has 1 aliphatic carbocycles. The molecular formula is C13H23NO3S. The molecule has 0 aromatic carbocycles. The Bertz CT molecular complexity index is 271. The first kappa shape index (κ1) is 14.2. The van der Waals surface area contributed by atoms with Gasteiger partial charge in [-0.1, -0.05) is 6.42 Å². The van der Waals surface area contributed by atoms with E-state index >= 15 is 0 Å². The normalized spacial score (nSPS) is 28.7. The van der Waals surface area contributed by atoms with Crippen LogP contribution >= 0.6 is 11.8 Å². The quantitative estimate of drug-likeness (QED) is 0.795. The van der Waals surface area contributed by atoms with E-state index in [9.17, 15) is 4.79 Å². The second-order valence-electron chi connectivity index (χ2n) is 5.14. The Kier molecular flexibility index (Phi) is 5.79. The summed E-state index contributed by atoms with van der Waals surface area (Å²) in [6.45, 7) is 2.15. The van der Waals surface area contributed by atoms with Gasteiger partial charge in [0.1, 0.15) is 6.10 Å². The Labute approximate surface area is 113 Å². The molecule has 1 N–H and O–H groups in total. The van der Waals surface area contributed by atoms with Gasteiger partial charge in [0, 0.05) is 13.2 Å². The number of hydrogen-bond donors (Lipinski definition) is 1. The molecule has 1 heterocycles. The molecule has 1 saturated carbocycles. The summed E-state index contributed by atoms with van der Waals surface area (Å²) in [5.74, 6) is 1.35. The van der Waals surface area contributed by atoms with Gasteiger partial charge in [-0.3, -0.25) is 4.79 Å². The zero-order valence-electron chi connectivity index (χ0n) is 11.0. The van der Waals surface area contributed by atoms with Crippen molar-refractivity contribution in [1.82, 2.24) is 5.32 Å². The zero-order valence-corrected chi connectivity index (χ0v) is 11.8. The van der Waals surface area contributed by atoms with Gasteiger partial charge in [-0.15, -0.1) is 0 Å². The second kappa shape index (κ2) is 7.36. The molecule has 18 heavy (non-hydrogen) atoms. The predicted octanol–water partition coefficient (Wildman–Crippen LogP) is 1.44. The third-order valence-corrected chi connectivity index (χ3v) is 4.25. The molecular weight excluding hydrogens is 250 g/mol. The lowest BCUT2D eigenvalue weighted by Crippen LogP contribution is -2.51. The molecule has 0 radical (unpaired) electrons. The minimum Gasteiger partial charge on any atom is -0.379 e. The number of nitrogens with one attached hydrogen (secondary N) is 1. The molecule has 4 nitrogen and oxygen atoms in total. The van der Waals surface area contributed by atoms with E-state index in [1.165, 1.54) is 19.3 Å². The largest absolute Gasteiger partial charge is 0.379 e. The van der Waals surface area contributed by atoms with Crippen molar-refractivity contribution in [3.8, 4) is 0 Å². The number of carbonyl (C=O) groups excluding carboxylic acids is 1. The van der Waals surface area contributed by atoms with E-state index < -0.39 is 0 Å². The Morgan fingerprint density at radius 3 is 2.94 bits per heavy atom. The monoisotopic (exact) mass is 273 g/mol. The van der Waals surface area contributed by atoms with E-state index in [1.807, 2.05) is 6.26 Å². The van der Waals surface area contributed by atoms with Crippen molar-refractivity contribution in [3.63, 3.8) is 0 Å². The fraction of sp³-hybridized carbons (Fsp3) is 0.923. The number of thioether (sulfide) groups is 1. The van der Waals surface area contributed by atoms with E-state index in [4.69, 9.17) is 9.47 Å². The maximum atomic E-state index is 11.6. The van der Waals surface area contributed by atoms with Crippen molar-refractivity contribution in [2.45, 2.75) is 37.8 Å². The third kappa shape index (κ3) is 4.14. The lowest BCUT2D eigenvalue weighted by molar-refractivity contribution is -0.124. The lowest BCUT2D eigenvalue weighted by atomic mass is 9.86. The van der Waals surface area contributed by atoms with Crippen molar-refractivity contribution < 1.29 is 14.3 Å². The van der Waals surface area contributed by atoms with Crippen molar-refractivity contribution in [1.29, 1.82) is 0 Å². The van der Waals surface area contributed by atoms with Gasteiger partial charge >= 0.3 is 0 Å². The number of rotatable bonds is 6. The number of carbonyl (C=O) groups is 1. The fourth-order valence-corrected chi connectivity index (χ4v) is 2.69. The van der Waals surface area contributed by atoms with Gasteiger partial charge in [0.15, 0.2) is 0 Å².